The smallest absolute Gasteiger partial charge is 0.136 e. The molecule has 17 aromatic carbocycles. The second-order valence-corrected chi connectivity index (χ2v) is 19.8. The van der Waals surface area contributed by atoms with E-state index < -0.39 is 525 Å². The van der Waals surface area contributed by atoms with Gasteiger partial charge in [0.25, 0.3) is 0 Å². The summed E-state index contributed by atoms with van der Waals surface area (Å²) in [6.07, 6.45) is 0. The standard InChI is InChI=1S/C48H30O.C42H26O/c1-2-10-31(11-3-1)32-18-22-34(23-19-32)47-39-14-6-8-16-41(39)48(42-17-9-7-15-40(42)47)35-24-20-33(21-25-35)38-26-27-45-43(29-38)44-28-36-12-4-5-13-37(36)30-46(44)49-45;1-2-10-28(11-3-1)41-33-14-6-8-16-35(33)42(36-17-9-7-15-34(36)41)29-20-18-27(19-21-29)32-22-23-39-37(25-32)38-24-30-12-4-5-13-31(30)26-40(38)43-39/h1-30H;1-26H/i1D,2D,3D,4D,5D,6D,7D,8D,9D,10D,11D,12D,13D,14D,15D,16D,17D,18D,19D,20D,21D,22D,23D,24D,25D,26D,27D,28D,29D,30D;1D,2D,3D,4D,5D,6D,7D,8D,9D,10D,11D,12D,13D,14D,15D,16D,17D,18D,19D,20D,21D,22D,23D,24D,25D,26D. The molecule has 0 saturated heterocycles. The number of furan rings is 2. The first kappa shape index (κ1) is 21.3. The highest BCUT2D eigenvalue weighted by atomic mass is 16.3. The topological polar surface area (TPSA) is 26.3 Å². The Morgan fingerprint density at radius 1 is 0.152 bits per heavy atom. The molecule has 428 valence electrons. The zero-order valence-corrected chi connectivity index (χ0v) is 45.8. The zero-order chi connectivity index (χ0) is 109. The van der Waals surface area contributed by atoms with Crippen molar-refractivity contribution < 1.29 is 85.6 Å². The third-order valence-corrected chi connectivity index (χ3v) is 14.6. The van der Waals surface area contributed by atoms with Gasteiger partial charge in [-0.2, -0.15) is 0 Å². The van der Waals surface area contributed by atoms with Gasteiger partial charge in [0, 0.05) is 21.5 Å². The largest absolute Gasteiger partial charge is 0.456 e. The summed E-state index contributed by atoms with van der Waals surface area (Å²) in [4.78, 5) is 0. The van der Waals surface area contributed by atoms with Crippen LogP contribution < -0.4 is 0 Å². The molecule has 2 heteroatoms. The summed E-state index contributed by atoms with van der Waals surface area (Å²) in [5, 5.41) is -9.44. The lowest BCUT2D eigenvalue weighted by Gasteiger charge is -2.18. The minimum Gasteiger partial charge on any atom is -0.456 e. The maximum Gasteiger partial charge on any atom is 0.136 e. The van der Waals surface area contributed by atoms with Crippen LogP contribution in [-0.2, 0) is 0 Å². The second kappa shape index (κ2) is 21.9. The van der Waals surface area contributed by atoms with Crippen molar-refractivity contribution in [2.24, 2.45) is 0 Å². The highest BCUT2D eigenvalue weighted by molar-refractivity contribution is 6.23. The summed E-state index contributed by atoms with van der Waals surface area (Å²) < 4.78 is 511. The van der Waals surface area contributed by atoms with Crippen molar-refractivity contribution in [3.8, 4) is 77.9 Å². The maximum absolute atomic E-state index is 9.60. The van der Waals surface area contributed by atoms with E-state index in [1.54, 1.807) is 0 Å². The Balaban J connectivity index is 0.000000195. The summed E-state index contributed by atoms with van der Waals surface area (Å²) in [6.45, 7) is 0. The summed E-state index contributed by atoms with van der Waals surface area (Å²) in [5.41, 5.74) is -13.2. The predicted octanol–water partition coefficient (Wildman–Crippen LogP) is 25.8. The summed E-state index contributed by atoms with van der Waals surface area (Å²) >= 11 is 0. The van der Waals surface area contributed by atoms with E-state index in [9.17, 15) is 27.4 Å². The molecule has 2 nitrogen and oxygen atoms in total. The second-order valence-electron chi connectivity index (χ2n) is 19.8. The molecule has 0 aliphatic carbocycles. The van der Waals surface area contributed by atoms with E-state index in [0.717, 1.165) is 0 Å². The van der Waals surface area contributed by atoms with E-state index in [2.05, 4.69) is 0 Å². The van der Waals surface area contributed by atoms with Gasteiger partial charge in [0.05, 0.1) is 76.8 Å². The molecule has 0 N–H and O–H groups in total. The van der Waals surface area contributed by atoms with Crippen LogP contribution in [0.5, 0.6) is 0 Å². The fourth-order valence-corrected chi connectivity index (χ4v) is 10.7. The Bertz CT molecular complexity index is 9340. The summed E-state index contributed by atoms with van der Waals surface area (Å²) in [7, 11) is 0. The monoisotopic (exact) mass is 1220 g/mol. The maximum atomic E-state index is 9.60. The predicted molar refractivity (Wildman–Crippen MR) is 391 cm³/mol. The van der Waals surface area contributed by atoms with Gasteiger partial charge in [-0.15, -0.1) is 0 Å². The first-order chi connectivity index (χ1) is 69.0. The van der Waals surface area contributed by atoms with Crippen LogP contribution in [0.15, 0.2) is 347 Å². The van der Waals surface area contributed by atoms with Crippen LogP contribution in [0.25, 0.3) is 186 Å². The van der Waals surface area contributed by atoms with Crippen LogP contribution in [0.3, 0.4) is 0 Å². The number of benzene rings is 17. The lowest BCUT2D eigenvalue weighted by molar-refractivity contribution is 0.669. The zero-order valence-electron chi connectivity index (χ0n) is 102. The van der Waals surface area contributed by atoms with Crippen LogP contribution in [0, 0.1) is 0 Å². The molecule has 0 aliphatic heterocycles. The minimum absolute atomic E-state index is 0.403. The third kappa shape index (κ3) is 9.03. The van der Waals surface area contributed by atoms with E-state index in [4.69, 9.17) is 58.2 Å². The van der Waals surface area contributed by atoms with Crippen molar-refractivity contribution in [1.82, 2.24) is 0 Å². The van der Waals surface area contributed by atoms with Gasteiger partial charge in [0.1, 0.15) is 22.3 Å². The van der Waals surface area contributed by atoms with E-state index in [1.807, 2.05) is 0 Å². The lowest BCUT2D eigenvalue weighted by atomic mass is 9.85. The molecule has 92 heavy (non-hydrogen) atoms. The first-order valence-electron chi connectivity index (χ1n) is 55.1. The van der Waals surface area contributed by atoms with Crippen LogP contribution in [0.2, 0.25) is 0 Å². The summed E-state index contributed by atoms with van der Waals surface area (Å²) in [5.74, 6) is 0. The van der Waals surface area contributed by atoms with Crippen molar-refractivity contribution in [3.05, 3.63) is 338 Å². The van der Waals surface area contributed by atoms with Gasteiger partial charge in [0.15, 0.2) is 0 Å². The molecule has 19 rings (SSSR count). The Morgan fingerprint density at radius 2 is 0.370 bits per heavy atom. The molecule has 0 spiro atoms. The molecule has 0 saturated carbocycles. The van der Waals surface area contributed by atoms with Crippen LogP contribution >= 0.6 is 0 Å². The van der Waals surface area contributed by atoms with Crippen molar-refractivity contribution in [3.63, 3.8) is 0 Å². The van der Waals surface area contributed by atoms with Crippen LogP contribution in [0.4, 0.5) is 0 Å². The fourth-order valence-electron chi connectivity index (χ4n) is 10.7. The molecule has 0 amide bonds. The van der Waals surface area contributed by atoms with E-state index >= 15 is 0 Å². The third-order valence-electron chi connectivity index (χ3n) is 14.6. The van der Waals surface area contributed by atoms with Gasteiger partial charge in [-0.25, -0.2) is 0 Å². The molecule has 0 bridgehead atoms. The van der Waals surface area contributed by atoms with Crippen LogP contribution in [0.1, 0.15) is 76.8 Å². The average Bonchev–Trinajstić information content (AvgIpc) is 1.01. The summed E-state index contributed by atoms with van der Waals surface area (Å²) in [6, 6.07) is -51.5. The number of fused-ring (bicyclic) bond motifs is 12. The molecule has 0 aliphatic rings. The Morgan fingerprint density at radius 3 is 0.696 bits per heavy atom. The molecule has 19 aromatic rings. The Hall–Kier alpha value is -12.1. The molecule has 0 fully saturated rings. The molecule has 2 heterocycles. The molecular formula is C90H56O2. The molecule has 2 aromatic heterocycles. The molecule has 0 radical (unpaired) electrons. The van der Waals surface area contributed by atoms with E-state index in [0.29, 0.717) is 0 Å². The SMILES string of the molecule is [2H]c1c([2H])c([2H])c(-c2c([2H])c([2H])c(-c3c4c([2H])c([2H])c([2H])c([2H])c4c(-c4c([2H])c([2H])c(-c5c([2H])c([2H])c6oc7c([2H])c8c([2H])c([2H])c([2H])c([2H])c8c([2H])c7c6c5[2H])c([2H])c4[2H])c4c([2H])c([2H])c([2H])c([2H])c34)c([2H])c2[2H])c([2H])c1[2H].[2H]c1c([2H])c([2H])c(-c2c3c([2H])c([2H])c([2H])c([2H])c3c(-c3c([2H])c([2H])c(-c4c([2H])c([2H])c5oc6c([2H])c7c([2H])c([2H])c([2H])c([2H])c7c([2H])c6c5c4[2H])c([2H])c3[2H])c3c([2H])c([2H])c([2H])c([2H])c23)c([2H])c1[2H]. The normalized spacial score (nSPS) is 20.2. The fraction of sp³-hybridized carbons (Fsp3) is 0. The van der Waals surface area contributed by atoms with E-state index in [-0.39, 0.29) is 0 Å². The molecular weight excluding hydrogens is 1110 g/mol. The number of hydrogen-bond acceptors (Lipinski definition) is 2. The first-order valence-corrected chi connectivity index (χ1v) is 27.1. The van der Waals surface area contributed by atoms with E-state index in [1.165, 1.54) is 0 Å². The Kier molecular flexibility index (Phi) is 5.06. The Labute approximate surface area is 610 Å². The number of hydrogen-bond donors (Lipinski definition) is 0. The van der Waals surface area contributed by atoms with Gasteiger partial charge in [-0.3, -0.25) is 0 Å². The van der Waals surface area contributed by atoms with Gasteiger partial charge in [0.2, 0.25) is 0 Å². The lowest BCUT2D eigenvalue weighted by Crippen LogP contribution is -1.91. The minimum atomic E-state index is -1.13. The molecule has 0 atom stereocenters. The van der Waals surface area contributed by atoms with Gasteiger partial charge in [-0.05, 0) is 191 Å². The van der Waals surface area contributed by atoms with Gasteiger partial charge < -0.3 is 8.83 Å². The van der Waals surface area contributed by atoms with Crippen molar-refractivity contribution in [2.45, 2.75) is 0 Å². The quantitative estimate of drug-likeness (QED) is 0.149. The average molecular weight is 1230 g/mol. The van der Waals surface area contributed by atoms with Gasteiger partial charge >= 0.3 is 0 Å². The molecule has 0 unspecified atom stereocenters. The number of rotatable bonds is 7. The van der Waals surface area contributed by atoms with Crippen LogP contribution in [-0.4, -0.2) is 0 Å². The highest BCUT2D eigenvalue weighted by Crippen LogP contribution is 2.47. The van der Waals surface area contributed by atoms with Crippen molar-refractivity contribution in [2.75, 3.05) is 0 Å². The van der Waals surface area contributed by atoms with Gasteiger partial charge in [-0.1, -0.05) is 290 Å². The van der Waals surface area contributed by atoms with Crippen molar-refractivity contribution in [1.29, 1.82) is 0 Å². The highest BCUT2D eigenvalue weighted by Gasteiger charge is 2.20. The van der Waals surface area contributed by atoms with Crippen molar-refractivity contribution >= 4 is 109 Å².